The number of carbonyl (C=O) groups is 1. The number of nitrogens with zero attached hydrogens (tertiary/aromatic N) is 1. The van der Waals surface area contributed by atoms with Gasteiger partial charge < -0.3 is 16.2 Å². The summed E-state index contributed by atoms with van der Waals surface area (Å²) >= 11 is 0. The molecule has 0 aliphatic rings. The molecule has 92 valence electrons. The minimum absolute atomic E-state index is 0.143. The van der Waals surface area contributed by atoms with E-state index in [4.69, 9.17) is 10.8 Å². The Labute approximate surface area is 104 Å². The molecule has 5 nitrogen and oxygen atoms in total. The van der Waals surface area contributed by atoms with Crippen LogP contribution in [0.3, 0.4) is 0 Å². The molecule has 0 aliphatic carbocycles. The van der Waals surface area contributed by atoms with Gasteiger partial charge in [0.1, 0.15) is 11.6 Å². The van der Waals surface area contributed by atoms with Crippen LogP contribution in [0.4, 0.5) is 11.5 Å². The molecule has 1 aromatic heterocycles. The van der Waals surface area contributed by atoms with Gasteiger partial charge in [-0.1, -0.05) is 0 Å². The summed E-state index contributed by atoms with van der Waals surface area (Å²) in [5, 5.41) is 11.8. The van der Waals surface area contributed by atoms with E-state index in [1.54, 1.807) is 31.2 Å². The van der Waals surface area contributed by atoms with Gasteiger partial charge in [-0.3, -0.25) is 4.79 Å². The van der Waals surface area contributed by atoms with Crippen LogP contribution < -0.4 is 11.1 Å². The van der Waals surface area contributed by atoms with E-state index in [1.807, 2.05) is 0 Å². The molecule has 2 rings (SSSR count). The molecule has 1 heterocycles. The summed E-state index contributed by atoms with van der Waals surface area (Å²) in [6.45, 7) is 1.80. The van der Waals surface area contributed by atoms with Crippen molar-refractivity contribution in [2.24, 2.45) is 0 Å². The molecule has 4 N–H and O–H groups in total. The molecule has 0 bridgehead atoms. The van der Waals surface area contributed by atoms with Gasteiger partial charge in [-0.2, -0.15) is 0 Å². The number of carbonyl (C=O) groups excluding carboxylic acids is 1. The second kappa shape index (κ2) is 4.75. The highest BCUT2D eigenvalue weighted by Gasteiger charge is 2.10. The predicted molar refractivity (Wildman–Crippen MR) is 69.4 cm³/mol. The van der Waals surface area contributed by atoms with Crippen LogP contribution in [0, 0.1) is 6.92 Å². The predicted octanol–water partition coefficient (Wildman–Crippen LogP) is 1.93. The third-order valence-corrected chi connectivity index (χ3v) is 2.43. The Hall–Kier alpha value is -2.56. The molecular weight excluding hydrogens is 230 g/mol. The van der Waals surface area contributed by atoms with Gasteiger partial charge in [-0.05, 0) is 43.3 Å². The molecule has 0 atom stereocenters. The lowest BCUT2D eigenvalue weighted by Crippen LogP contribution is -2.15. The van der Waals surface area contributed by atoms with Crippen LogP contribution in [0.15, 0.2) is 36.4 Å². The van der Waals surface area contributed by atoms with E-state index >= 15 is 0 Å². The molecule has 0 spiro atoms. The molecule has 1 amide bonds. The first-order valence-electron chi connectivity index (χ1n) is 5.40. The van der Waals surface area contributed by atoms with Crippen molar-refractivity contribution in [2.75, 3.05) is 11.1 Å². The van der Waals surface area contributed by atoms with E-state index in [1.165, 1.54) is 12.1 Å². The van der Waals surface area contributed by atoms with Crippen molar-refractivity contribution in [3.8, 4) is 5.75 Å². The monoisotopic (exact) mass is 243 g/mol. The maximum Gasteiger partial charge on any atom is 0.259 e. The van der Waals surface area contributed by atoms with Crippen LogP contribution >= 0.6 is 0 Å². The molecule has 2 aromatic rings. The van der Waals surface area contributed by atoms with Gasteiger partial charge in [0.05, 0.1) is 5.56 Å². The van der Waals surface area contributed by atoms with Crippen LogP contribution in [0.25, 0.3) is 0 Å². The molecule has 0 aliphatic heterocycles. The summed E-state index contributed by atoms with van der Waals surface area (Å²) in [6.07, 6.45) is 0. The van der Waals surface area contributed by atoms with Crippen LogP contribution in [-0.2, 0) is 0 Å². The van der Waals surface area contributed by atoms with E-state index in [0.29, 0.717) is 11.3 Å². The molecule has 0 unspecified atom stereocenters. The van der Waals surface area contributed by atoms with Gasteiger partial charge >= 0.3 is 0 Å². The fourth-order valence-electron chi connectivity index (χ4n) is 1.51. The van der Waals surface area contributed by atoms with Crippen LogP contribution in [0.1, 0.15) is 16.1 Å². The number of hydrogen-bond acceptors (Lipinski definition) is 4. The SMILES string of the molecule is Cc1ccc(C(=O)Nc2ccc(O)cc2)c(N)n1. The minimum Gasteiger partial charge on any atom is -0.508 e. The number of phenols is 1. The second-order valence-corrected chi connectivity index (χ2v) is 3.89. The molecule has 0 radical (unpaired) electrons. The Morgan fingerprint density at radius 1 is 1.22 bits per heavy atom. The molecular formula is C13H13N3O2. The van der Waals surface area contributed by atoms with Crippen LogP contribution in [0.2, 0.25) is 0 Å². The molecule has 1 aromatic carbocycles. The Morgan fingerprint density at radius 3 is 2.50 bits per heavy atom. The van der Waals surface area contributed by atoms with E-state index < -0.39 is 0 Å². The first-order valence-corrected chi connectivity index (χ1v) is 5.40. The Bertz CT molecular complexity index is 579. The standard InChI is InChI=1S/C13H13N3O2/c1-8-2-7-11(12(14)15-8)13(18)16-9-3-5-10(17)6-4-9/h2-7,17H,1H3,(H2,14,15)(H,16,18). The van der Waals surface area contributed by atoms with Crippen molar-refractivity contribution >= 4 is 17.4 Å². The zero-order valence-corrected chi connectivity index (χ0v) is 9.84. The molecule has 0 saturated carbocycles. The summed E-state index contributed by atoms with van der Waals surface area (Å²) < 4.78 is 0. The van der Waals surface area contributed by atoms with E-state index in [2.05, 4.69) is 10.3 Å². The summed E-state index contributed by atoms with van der Waals surface area (Å²) in [7, 11) is 0. The number of hydrogen-bond donors (Lipinski definition) is 3. The minimum atomic E-state index is -0.328. The highest BCUT2D eigenvalue weighted by molar-refractivity contribution is 6.07. The summed E-state index contributed by atoms with van der Waals surface area (Å²) in [4.78, 5) is 16.0. The first kappa shape index (κ1) is 11.9. The van der Waals surface area contributed by atoms with E-state index in [0.717, 1.165) is 5.69 Å². The number of aryl methyl sites for hydroxylation is 1. The van der Waals surface area contributed by atoms with Crippen molar-refractivity contribution in [3.63, 3.8) is 0 Å². The highest BCUT2D eigenvalue weighted by atomic mass is 16.3. The van der Waals surface area contributed by atoms with Crippen molar-refractivity contribution < 1.29 is 9.90 Å². The third kappa shape index (κ3) is 2.57. The maximum absolute atomic E-state index is 11.9. The number of nitrogens with one attached hydrogen (secondary N) is 1. The number of aromatic hydroxyl groups is 1. The van der Waals surface area contributed by atoms with E-state index in [9.17, 15) is 4.79 Å². The van der Waals surface area contributed by atoms with Crippen LogP contribution in [-0.4, -0.2) is 16.0 Å². The number of rotatable bonds is 2. The fourth-order valence-corrected chi connectivity index (χ4v) is 1.51. The fraction of sp³-hybridized carbons (Fsp3) is 0.0769. The number of benzene rings is 1. The number of aromatic nitrogens is 1. The lowest BCUT2D eigenvalue weighted by Gasteiger charge is -2.07. The van der Waals surface area contributed by atoms with E-state index in [-0.39, 0.29) is 17.5 Å². The average molecular weight is 243 g/mol. The largest absolute Gasteiger partial charge is 0.508 e. The van der Waals surface area contributed by atoms with Crippen molar-refractivity contribution in [1.29, 1.82) is 0 Å². The Morgan fingerprint density at radius 2 is 1.89 bits per heavy atom. The zero-order chi connectivity index (χ0) is 13.1. The zero-order valence-electron chi connectivity index (χ0n) is 9.84. The lowest BCUT2D eigenvalue weighted by molar-refractivity contribution is 0.102. The first-order chi connectivity index (χ1) is 8.56. The van der Waals surface area contributed by atoms with Gasteiger partial charge in [-0.25, -0.2) is 4.98 Å². The van der Waals surface area contributed by atoms with Gasteiger partial charge in [0.2, 0.25) is 0 Å². The quantitative estimate of drug-likeness (QED) is 0.703. The van der Waals surface area contributed by atoms with Crippen LogP contribution in [0.5, 0.6) is 5.75 Å². The number of anilines is 2. The topological polar surface area (TPSA) is 88.2 Å². The Balaban J connectivity index is 2.19. The maximum atomic E-state index is 11.9. The van der Waals surface area contributed by atoms with Gasteiger partial charge in [-0.15, -0.1) is 0 Å². The second-order valence-electron chi connectivity index (χ2n) is 3.89. The highest BCUT2D eigenvalue weighted by Crippen LogP contribution is 2.16. The lowest BCUT2D eigenvalue weighted by atomic mass is 10.2. The van der Waals surface area contributed by atoms with Gasteiger partial charge in [0, 0.05) is 11.4 Å². The number of nitrogens with two attached hydrogens (primary N) is 1. The normalized spacial score (nSPS) is 10.1. The summed E-state index contributed by atoms with van der Waals surface area (Å²) in [5.41, 5.74) is 7.35. The molecule has 5 heteroatoms. The van der Waals surface area contributed by atoms with Gasteiger partial charge in [0.15, 0.2) is 0 Å². The summed E-state index contributed by atoms with van der Waals surface area (Å²) in [6, 6.07) is 9.55. The summed E-state index contributed by atoms with van der Waals surface area (Å²) in [5.74, 6) is 0.0153. The average Bonchev–Trinajstić information content (AvgIpc) is 2.32. The smallest absolute Gasteiger partial charge is 0.259 e. The third-order valence-electron chi connectivity index (χ3n) is 2.43. The van der Waals surface area contributed by atoms with Crippen molar-refractivity contribution in [1.82, 2.24) is 4.98 Å². The number of pyridine rings is 1. The Kier molecular flexibility index (Phi) is 3.14. The van der Waals surface area contributed by atoms with Crippen molar-refractivity contribution in [2.45, 2.75) is 6.92 Å². The molecule has 0 fully saturated rings. The van der Waals surface area contributed by atoms with Gasteiger partial charge in [0.25, 0.3) is 5.91 Å². The van der Waals surface area contributed by atoms with Crippen molar-refractivity contribution in [3.05, 3.63) is 47.7 Å². The molecule has 18 heavy (non-hydrogen) atoms. The number of nitrogen functional groups attached to an aromatic ring is 1. The number of amides is 1. The number of phenolic OH excluding ortho intramolecular Hbond substituents is 1. The molecule has 0 saturated heterocycles.